The van der Waals surface area contributed by atoms with Crippen LogP contribution in [-0.2, 0) is 0 Å². The Bertz CT molecular complexity index is 1400. The molecule has 3 N–H and O–H groups in total. The lowest BCUT2D eigenvalue weighted by molar-refractivity contribution is 0.0950. The SMILES string of the molecule is COc1cc(NC(=S)NC(=O)c2ccc(-c3ccc(Cl)c(Cl)c3)o2)ccc1NC(=O)c1cccs1. The van der Waals surface area contributed by atoms with Gasteiger partial charge in [0.05, 0.1) is 27.7 Å². The molecule has 178 valence electrons. The van der Waals surface area contributed by atoms with Crippen molar-refractivity contribution < 1.29 is 18.7 Å². The van der Waals surface area contributed by atoms with E-state index in [0.717, 1.165) is 0 Å². The van der Waals surface area contributed by atoms with E-state index in [0.29, 0.717) is 43.4 Å². The number of halogens is 2. The smallest absolute Gasteiger partial charge is 0.293 e. The number of carbonyl (C=O) groups excluding carboxylic acids is 2. The Morgan fingerprint density at radius 1 is 0.971 bits per heavy atom. The quantitative estimate of drug-likeness (QED) is 0.233. The number of furan rings is 1. The van der Waals surface area contributed by atoms with Crippen LogP contribution in [0.4, 0.5) is 11.4 Å². The molecule has 0 bridgehead atoms. The van der Waals surface area contributed by atoms with E-state index >= 15 is 0 Å². The number of methoxy groups -OCH3 is 1. The summed E-state index contributed by atoms with van der Waals surface area (Å²) >= 11 is 18.6. The van der Waals surface area contributed by atoms with Crippen LogP contribution in [0.5, 0.6) is 5.75 Å². The zero-order valence-electron chi connectivity index (χ0n) is 18.1. The topological polar surface area (TPSA) is 92.6 Å². The first-order valence-corrected chi connectivity index (χ1v) is 12.1. The van der Waals surface area contributed by atoms with E-state index in [4.69, 9.17) is 44.6 Å². The summed E-state index contributed by atoms with van der Waals surface area (Å²) in [4.78, 5) is 25.5. The summed E-state index contributed by atoms with van der Waals surface area (Å²) in [5.41, 5.74) is 1.73. The molecule has 2 aromatic heterocycles. The van der Waals surface area contributed by atoms with Crippen molar-refractivity contribution in [2.45, 2.75) is 0 Å². The van der Waals surface area contributed by atoms with Crippen LogP contribution in [0.15, 0.2) is 70.5 Å². The van der Waals surface area contributed by atoms with Crippen molar-refractivity contribution in [3.8, 4) is 17.1 Å². The van der Waals surface area contributed by atoms with Crippen LogP contribution in [-0.4, -0.2) is 24.0 Å². The zero-order valence-corrected chi connectivity index (χ0v) is 21.2. The van der Waals surface area contributed by atoms with Crippen LogP contribution in [0.2, 0.25) is 10.0 Å². The lowest BCUT2D eigenvalue weighted by Gasteiger charge is -2.13. The molecule has 0 aliphatic heterocycles. The second-order valence-corrected chi connectivity index (χ2v) is 9.22. The summed E-state index contributed by atoms with van der Waals surface area (Å²) in [5.74, 6) is 0.185. The summed E-state index contributed by atoms with van der Waals surface area (Å²) in [7, 11) is 1.49. The Morgan fingerprint density at radius 2 is 1.80 bits per heavy atom. The van der Waals surface area contributed by atoms with E-state index < -0.39 is 5.91 Å². The fourth-order valence-electron chi connectivity index (χ4n) is 3.06. The number of thiocarbonyl (C=S) groups is 1. The Balaban J connectivity index is 1.39. The third-order valence-electron chi connectivity index (χ3n) is 4.71. The van der Waals surface area contributed by atoms with Crippen molar-refractivity contribution in [2.24, 2.45) is 0 Å². The van der Waals surface area contributed by atoms with Crippen molar-refractivity contribution >= 4 is 75.1 Å². The van der Waals surface area contributed by atoms with E-state index in [9.17, 15) is 9.59 Å². The van der Waals surface area contributed by atoms with Gasteiger partial charge in [-0.25, -0.2) is 0 Å². The maximum Gasteiger partial charge on any atom is 0.293 e. The maximum absolute atomic E-state index is 12.6. The highest BCUT2D eigenvalue weighted by Crippen LogP contribution is 2.30. The normalized spacial score (nSPS) is 10.5. The number of hydrogen-bond acceptors (Lipinski definition) is 6. The van der Waals surface area contributed by atoms with Crippen LogP contribution in [0.1, 0.15) is 20.2 Å². The predicted molar refractivity (Wildman–Crippen MR) is 143 cm³/mol. The average Bonchev–Trinajstić information content (AvgIpc) is 3.54. The number of hydrogen-bond donors (Lipinski definition) is 3. The van der Waals surface area contributed by atoms with Crippen molar-refractivity contribution in [1.82, 2.24) is 5.32 Å². The number of carbonyl (C=O) groups is 2. The van der Waals surface area contributed by atoms with Gasteiger partial charge in [-0.2, -0.15) is 0 Å². The predicted octanol–water partition coefficient (Wildman–Crippen LogP) is 6.70. The minimum absolute atomic E-state index is 0.0555. The molecule has 0 spiro atoms. The molecule has 2 amide bonds. The Kier molecular flexibility index (Phi) is 7.72. The molecule has 0 aliphatic rings. The number of nitrogens with one attached hydrogen (secondary N) is 3. The highest BCUT2D eigenvalue weighted by atomic mass is 35.5. The van der Waals surface area contributed by atoms with Gasteiger partial charge < -0.3 is 19.8 Å². The Morgan fingerprint density at radius 3 is 2.51 bits per heavy atom. The fraction of sp³-hybridized carbons (Fsp3) is 0.0417. The minimum Gasteiger partial charge on any atom is -0.494 e. The molecule has 0 aliphatic carbocycles. The monoisotopic (exact) mass is 545 g/mol. The van der Waals surface area contributed by atoms with Crippen molar-refractivity contribution in [3.05, 3.63) is 86.7 Å². The lowest BCUT2D eigenvalue weighted by atomic mass is 10.2. The lowest BCUT2D eigenvalue weighted by Crippen LogP contribution is -2.33. The van der Waals surface area contributed by atoms with Crippen molar-refractivity contribution in [1.29, 1.82) is 0 Å². The van der Waals surface area contributed by atoms with Gasteiger partial charge in [-0.1, -0.05) is 29.3 Å². The summed E-state index contributed by atoms with van der Waals surface area (Å²) in [6.45, 7) is 0. The maximum atomic E-state index is 12.6. The number of anilines is 2. The molecule has 35 heavy (non-hydrogen) atoms. The Labute approximate surface area is 220 Å². The van der Waals surface area contributed by atoms with Gasteiger partial charge in [0.25, 0.3) is 11.8 Å². The second kappa shape index (κ2) is 10.9. The highest BCUT2D eigenvalue weighted by molar-refractivity contribution is 7.80. The molecule has 4 rings (SSSR count). The molecule has 0 atom stereocenters. The standard InChI is InChI=1S/C24H17Cl2N3O4S2/c1-32-20-12-14(5-7-17(20)28-23(31)21-3-2-10-35-21)27-24(34)29-22(30)19-9-8-18(33-19)13-4-6-15(25)16(26)11-13/h2-12H,1H3,(H,28,31)(H2,27,29,30,34). The number of ether oxygens (including phenoxy) is 1. The summed E-state index contributed by atoms with van der Waals surface area (Å²) < 4.78 is 11.0. The summed E-state index contributed by atoms with van der Waals surface area (Å²) in [5, 5.41) is 11.0. The van der Waals surface area contributed by atoms with Crippen LogP contribution in [0.25, 0.3) is 11.3 Å². The molecule has 11 heteroatoms. The second-order valence-electron chi connectivity index (χ2n) is 7.05. The highest BCUT2D eigenvalue weighted by Gasteiger charge is 2.16. The largest absolute Gasteiger partial charge is 0.494 e. The number of thiophene rings is 1. The van der Waals surface area contributed by atoms with E-state index in [1.807, 2.05) is 5.38 Å². The molecule has 0 saturated carbocycles. The first-order chi connectivity index (χ1) is 16.8. The van der Waals surface area contributed by atoms with Gasteiger partial charge in [-0.05, 0) is 66.1 Å². The number of rotatable bonds is 6. The van der Waals surface area contributed by atoms with Gasteiger partial charge in [-0.15, -0.1) is 11.3 Å². The average molecular weight is 546 g/mol. The molecule has 0 unspecified atom stereocenters. The number of amides is 2. The molecular formula is C24H17Cl2N3O4S2. The molecule has 0 fully saturated rings. The van der Waals surface area contributed by atoms with E-state index in [1.54, 1.807) is 54.6 Å². The first kappa shape index (κ1) is 24.7. The molecule has 0 radical (unpaired) electrons. The third-order valence-corrected chi connectivity index (χ3v) is 6.53. The van der Waals surface area contributed by atoms with Crippen molar-refractivity contribution in [2.75, 3.05) is 17.7 Å². The van der Waals surface area contributed by atoms with Gasteiger partial charge in [0.1, 0.15) is 11.5 Å². The van der Waals surface area contributed by atoms with E-state index in [2.05, 4.69) is 16.0 Å². The molecule has 0 saturated heterocycles. The number of benzene rings is 2. The minimum atomic E-state index is -0.527. The van der Waals surface area contributed by atoms with Gasteiger partial charge in [0.2, 0.25) is 0 Å². The van der Waals surface area contributed by atoms with Crippen LogP contribution >= 0.6 is 46.8 Å². The van der Waals surface area contributed by atoms with Crippen LogP contribution < -0.4 is 20.7 Å². The van der Waals surface area contributed by atoms with Gasteiger partial charge in [-0.3, -0.25) is 14.9 Å². The van der Waals surface area contributed by atoms with Crippen LogP contribution in [0, 0.1) is 0 Å². The molecule has 7 nitrogen and oxygen atoms in total. The molecule has 2 heterocycles. The van der Waals surface area contributed by atoms with E-state index in [1.165, 1.54) is 24.5 Å². The third kappa shape index (κ3) is 6.01. The van der Waals surface area contributed by atoms with Crippen LogP contribution in [0.3, 0.4) is 0 Å². The van der Waals surface area contributed by atoms with Gasteiger partial charge in [0, 0.05) is 17.3 Å². The van der Waals surface area contributed by atoms with Gasteiger partial charge in [0.15, 0.2) is 10.9 Å². The summed E-state index contributed by atoms with van der Waals surface area (Å²) in [6, 6.07) is 16.8. The molecule has 4 aromatic rings. The molecule has 2 aromatic carbocycles. The summed E-state index contributed by atoms with van der Waals surface area (Å²) in [6.07, 6.45) is 0. The molecular weight excluding hydrogens is 529 g/mol. The first-order valence-electron chi connectivity index (χ1n) is 10.0. The zero-order chi connectivity index (χ0) is 24.9. The van der Waals surface area contributed by atoms with Gasteiger partial charge >= 0.3 is 0 Å². The fourth-order valence-corrected chi connectivity index (χ4v) is 4.18. The Hall–Kier alpha value is -3.37. The van der Waals surface area contributed by atoms with Crippen molar-refractivity contribution in [3.63, 3.8) is 0 Å². The van der Waals surface area contributed by atoms with E-state index in [-0.39, 0.29) is 16.8 Å².